The quantitative estimate of drug-likeness (QED) is 0.795. The van der Waals surface area contributed by atoms with Gasteiger partial charge in [-0.1, -0.05) is 5.21 Å². The third-order valence-corrected chi connectivity index (χ3v) is 3.20. The molecule has 1 aromatic heterocycles. The number of carbonyl (C=O) groups is 1. The van der Waals surface area contributed by atoms with Gasteiger partial charge in [0.15, 0.2) is 0 Å². The van der Waals surface area contributed by atoms with Gasteiger partial charge in [0.05, 0.1) is 11.9 Å². The number of rotatable bonds is 6. The standard InChI is InChI=1S/C12H21N5O/c1-9(2)16(3)12(18)8-17-7-11(14-15-17)6-13-10-4-5-10/h7,9-10,13H,4-6,8H2,1-3H3. The second-order valence-corrected chi connectivity index (χ2v) is 5.16. The van der Waals surface area contributed by atoms with Crippen LogP contribution in [0, 0.1) is 0 Å². The van der Waals surface area contributed by atoms with E-state index in [0.717, 1.165) is 12.2 Å². The van der Waals surface area contributed by atoms with E-state index in [1.807, 2.05) is 20.0 Å². The highest BCUT2D eigenvalue weighted by molar-refractivity contribution is 5.75. The number of hydrogen-bond donors (Lipinski definition) is 1. The molecule has 0 bridgehead atoms. The highest BCUT2D eigenvalue weighted by atomic mass is 16.2. The molecule has 1 saturated carbocycles. The van der Waals surface area contributed by atoms with E-state index in [1.54, 1.807) is 16.6 Å². The Kier molecular flexibility index (Phi) is 3.96. The predicted octanol–water partition coefficient (Wildman–Crippen LogP) is 0.397. The molecule has 0 spiro atoms. The largest absolute Gasteiger partial charge is 0.342 e. The Morgan fingerprint density at radius 3 is 2.94 bits per heavy atom. The zero-order valence-electron chi connectivity index (χ0n) is 11.3. The summed E-state index contributed by atoms with van der Waals surface area (Å²) in [5.41, 5.74) is 0.891. The average Bonchev–Trinajstić information content (AvgIpc) is 3.06. The fourth-order valence-corrected chi connectivity index (χ4v) is 1.57. The number of nitrogens with one attached hydrogen (secondary N) is 1. The topological polar surface area (TPSA) is 63.1 Å². The third-order valence-electron chi connectivity index (χ3n) is 3.20. The molecule has 6 nitrogen and oxygen atoms in total. The molecule has 2 rings (SSSR count). The third kappa shape index (κ3) is 3.53. The van der Waals surface area contributed by atoms with E-state index in [9.17, 15) is 4.79 Å². The van der Waals surface area contributed by atoms with Crippen LogP contribution in [0.25, 0.3) is 0 Å². The van der Waals surface area contributed by atoms with Crippen LogP contribution in [0.4, 0.5) is 0 Å². The van der Waals surface area contributed by atoms with Gasteiger partial charge in [-0.2, -0.15) is 0 Å². The molecule has 0 aliphatic heterocycles. The molecule has 1 heterocycles. The molecule has 100 valence electrons. The van der Waals surface area contributed by atoms with E-state index >= 15 is 0 Å². The lowest BCUT2D eigenvalue weighted by molar-refractivity contribution is -0.132. The van der Waals surface area contributed by atoms with E-state index in [1.165, 1.54) is 12.8 Å². The maximum absolute atomic E-state index is 11.9. The summed E-state index contributed by atoms with van der Waals surface area (Å²) < 4.78 is 1.60. The van der Waals surface area contributed by atoms with E-state index in [4.69, 9.17) is 0 Å². The molecular weight excluding hydrogens is 230 g/mol. The van der Waals surface area contributed by atoms with Crippen molar-refractivity contribution in [1.82, 2.24) is 25.2 Å². The summed E-state index contributed by atoms with van der Waals surface area (Å²) in [6.07, 6.45) is 4.35. The van der Waals surface area contributed by atoms with E-state index in [-0.39, 0.29) is 18.5 Å². The summed E-state index contributed by atoms with van der Waals surface area (Å²) in [5.74, 6) is 0.0524. The number of aromatic nitrogens is 3. The minimum Gasteiger partial charge on any atom is -0.342 e. The first-order chi connectivity index (χ1) is 8.56. The van der Waals surface area contributed by atoms with Crippen molar-refractivity contribution in [3.05, 3.63) is 11.9 Å². The lowest BCUT2D eigenvalue weighted by atomic mass is 10.3. The fourth-order valence-electron chi connectivity index (χ4n) is 1.57. The molecule has 0 unspecified atom stereocenters. The Labute approximate surface area is 107 Å². The van der Waals surface area contributed by atoms with Crippen molar-refractivity contribution in [1.29, 1.82) is 0 Å². The van der Waals surface area contributed by atoms with Crippen molar-refractivity contribution < 1.29 is 4.79 Å². The first-order valence-electron chi connectivity index (χ1n) is 6.44. The van der Waals surface area contributed by atoms with Gasteiger partial charge in [0.2, 0.25) is 5.91 Å². The molecule has 0 radical (unpaired) electrons. The van der Waals surface area contributed by atoms with Crippen molar-refractivity contribution in [3.63, 3.8) is 0 Å². The average molecular weight is 251 g/mol. The SMILES string of the molecule is CC(C)N(C)C(=O)Cn1cc(CNC2CC2)nn1. The Balaban J connectivity index is 1.83. The van der Waals surface area contributed by atoms with E-state index in [2.05, 4.69) is 15.6 Å². The number of likely N-dealkylation sites (N-methyl/N-ethyl adjacent to an activating group) is 1. The van der Waals surface area contributed by atoms with Crippen LogP contribution < -0.4 is 5.32 Å². The number of nitrogens with zero attached hydrogens (tertiary/aromatic N) is 4. The normalized spacial score (nSPS) is 15.1. The Morgan fingerprint density at radius 2 is 2.33 bits per heavy atom. The molecule has 0 aromatic carbocycles. The summed E-state index contributed by atoms with van der Waals surface area (Å²) in [5, 5.41) is 11.4. The van der Waals surface area contributed by atoms with Gasteiger partial charge in [-0.15, -0.1) is 5.10 Å². The van der Waals surface area contributed by atoms with Gasteiger partial charge in [0.1, 0.15) is 6.54 Å². The maximum Gasteiger partial charge on any atom is 0.244 e. The van der Waals surface area contributed by atoms with Gasteiger partial charge in [0, 0.05) is 25.7 Å². The molecule has 6 heteroatoms. The first-order valence-corrected chi connectivity index (χ1v) is 6.44. The first kappa shape index (κ1) is 13.0. The smallest absolute Gasteiger partial charge is 0.244 e. The second-order valence-electron chi connectivity index (χ2n) is 5.16. The number of hydrogen-bond acceptors (Lipinski definition) is 4. The summed E-state index contributed by atoms with van der Waals surface area (Å²) in [7, 11) is 1.81. The zero-order valence-corrected chi connectivity index (χ0v) is 11.3. The molecule has 1 fully saturated rings. The van der Waals surface area contributed by atoms with Crippen molar-refractivity contribution in [2.24, 2.45) is 0 Å². The van der Waals surface area contributed by atoms with Crippen LogP contribution in [0.15, 0.2) is 6.20 Å². The summed E-state index contributed by atoms with van der Waals surface area (Å²) in [6, 6.07) is 0.862. The van der Waals surface area contributed by atoms with Gasteiger partial charge in [-0.25, -0.2) is 4.68 Å². The second kappa shape index (κ2) is 5.48. The summed E-state index contributed by atoms with van der Waals surface area (Å²) >= 11 is 0. The monoisotopic (exact) mass is 251 g/mol. The minimum absolute atomic E-state index is 0.0524. The number of carbonyl (C=O) groups excluding carboxylic acids is 1. The molecule has 1 aromatic rings. The van der Waals surface area contributed by atoms with Crippen LogP contribution >= 0.6 is 0 Å². The summed E-state index contributed by atoms with van der Waals surface area (Å²) in [6.45, 7) is 4.97. The lowest BCUT2D eigenvalue weighted by Gasteiger charge is -2.20. The van der Waals surface area contributed by atoms with E-state index in [0.29, 0.717) is 6.04 Å². The van der Waals surface area contributed by atoms with E-state index < -0.39 is 0 Å². The molecule has 0 atom stereocenters. The maximum atomic E-state index is 11.9. The van der Waals surface area contributed by atoms with Crippen LogP contribution in [0.5, 0.6) is 0 Å². The highest BCUT2D eigenvalue weighted by Crippen LogP contribution is 2.18. The van der Waals surface area contributed by atoms with Crippen molar-refractivity contribution in [2.45, 2.75) is 51.9 Å². The van der Waals surface area contributed by atoms with Crippen molar-refractivity contribution in [2.75, 3.05) is 7.05 Å². The van der Waals surface area contributed by atoms with Gasteiger partial charge < -0.3 is 10.2 Å². The van der Waals surface area contributed by atoms with Gasteiger partial charge in [-0.3, -0.25) is 4.79 Å². The fraction of sp³-hybridized carbons (Fsp3) is 0.750. The van der Waals surface area contributed by atoms with Crippen LogP contribution in [-0.2, 0) is 17.9 Å². The van der Waals surface area contributed by atoms with Crippen molar-refractivity contribution >= 4 is 5.91 Å². The predicted molar refractivity (Wildman–Crippen MR) is 67.8 cm³/mol. The van der Waals surface area contributed by atoms with Gasteiger partial charge in [0.25, 0.3) is 0 Å². The van der Waals surface area contributed by atoms with Crippen molar-refractivity contribution in [3.8, 4) is 0 Å². The Bertz CT molecular complexity index is 410. The molecule has 1 aliphatic rings. The molecular formula is C12H21N5O. The molecule has 1 N–H and O–H groups in total. The van der Waals surface area contributed by atoms with Gasteiger partial charge in [-0.05, 0) is 26.7 Å². The highest BCUT2D eigenvalue weighted by Gasteiger charge is 2.20. The molecule has 1 amide bonds. The minimum atomic E-state index is 0.0524. The zero-order chi connectivity index (χ0) is 13.1. The van der Waals surface area contributed by atoms with Gasteiger partial charge >= 0.3 is 0 Å². The Hall–Kier alpha value is -1.43. The lowest BCUT2D eigenvalue weighted by Crippen LogP contribution is -2.35. The van der Waals surface area contributed by atoms with Crippen LogP contribution in [0.3, 0.4) is 0 Å². The van der Waals surface area contributed by atoms with Crippen LogP contribution in [-0.4, -0.2) is 44.9 Å². The number of amides is 1. The van der Waals surface area contributed by atoms with Crippen LogP contribution in [0.1, 0.15) is 32.4 Å². The molecule has 0 saturated heterocycles. The molecule has 18 heavy (non-hydrogen) atoms. The Morgan fingerprint density at radius 1 is 1.61 bits per heavy atom. The molecule has 1 aliphatic carbocycles. The van der Waals surface area contributed by atoms with Crippen LogP contribution in [0.2, 0.25) is 0 Å². The summed E-state index contributed by atoms with van der Waals surface area (Å²) in [4.78, 5) is 13.6.